The summed E-state index contributed by atoms with van der Waals surface area (Å²) in [7, 11) is 0. The lowest BCUT2D eigenvalue weighted by Gasteiger charge is -2.22. The lowest BCUT2D eigenvalue weighted by Crippen LogP contribution is -2.35. The van der Waals surface area contributed by atoms with Crippen molar-refractivity contribution in [1.82, 2.24) is 29.6 Å². The highest BCUT2D eigenvalue weighted by Crippen LogP contribution is 2.41. The standard InChI is InChI=1S/C21H20N6O2/c1-14-11-23-16(12-22-14)18(28)26-9-7-21(13-26)8-10-27-19(29)17(24-25-20(21)27)15-5-3-2-4-6-15/h2-6,11-12H,7-10,13H2,1H3/t21-/m1/s1. The fraction of sp³-hybridized carbons (Fsp3) is 0.333. The highest BCUT2D eigenvalue weighted by Gasteiger charge is 2.48. The highest BCUT2D eigenvalue weighted by atomic mass is 16.2. The Morgan fingerprint density at radius 1 is 1.03 bits per heavy atom. The van der Waals surface area contributed by atoms with Crippen molar-refractivity contribution in [1.29, 1.82) is 0 Å². The first kappa shape index (κ1) is 17.7. The number of amides is 1. The zero-order valence-corrected chi connectivity index (χ0v) is 16.1. The van der Waals surface area contributed by atoms with E-state index in [1.165, 1.54) is 6.20 Å². The van der Waals surface area contributed by atoms with E-state index in [4.69, 9.17) is 0 Å². The zero-order valence-electron chi connectivity index (χ0n) is 16.1. The molecule has 4 heterocycles. The molecule has 146 valence electrons. The van der Waals surface area contributed by atoms with E-state index in [1.54, 1.807) is 15.7 Å². The smallest absolute Gasteiger partial charge is 0.280 e. The average molecular weight is 388 g/mol. The molecule has 2 aliphatic rings. The van der Waals surface area contributed by atoms with E-state index in [0.717, 1.165) is 24.1 Å². The Morgan fingerprint density at radius 3 is 2.59 bits per heavy atom. The first-order chi connectivity index (χ1) is 14.1. The van der Waals surface area contributed by atoms with Gasteiger partial charge in [-0.2, -0.15) is 0 Å². The van der Waals surface area contributed by atoms with Gasteiger partial charge in [0.2, 0.25) is 0 Å². The van der Waals surface area contributed by atoms with Gasteiger partial charge in [-0.3, -0.25) is 19.1 Å². The van der Waals surface area contributed by atoms with Crippen molar-refractivity contribution >= 4 is 5.91 Å². The van der Waals surface area contributed by atoms with Gasteiger partial charge in [-0.25, -0.2) is 4.98 Å². The fourth-order valence-electron chi connectivity index (χ4n) is 4.33. The molecule has 0 aliphatic carbocycles. The summed E-state index contributed by atoms with van der Waals surface area (Å²) in [6.07, 6.45) is 4.65. The average Bonchev–Trinajstić information content (AvgIpc) is 3.34. The van der Waals surface area contributed by atoms with Crippen molar-refractivity contribution in [2.45, 2.75) is 31.7 Å². The minimum atomic E-state index is -0.324. The van der Waals surface area contributed by atoms with Crippen molar-refractivity contribution < 1.29 is 4.79 Å². The largest absolute Gasteiger partial charge is 0.336 e. The minimum Gasteiger partial charge on any atom is -0.336 e. The Kier molecular flexibility index (Phi) is 4.01. The van der Waals surface area contributed by atoms with Crippen molar-refractivity contribution in [2.75, 3.05) is 13.1 Å². The summed E-state index contributed by atoms with van der Waals surface area (Å²) in [6.45, 7) is 3.54. The normalized spacial score (nSPS) is 20.2. The fourth-order valence-corrected chi connectivity index (χ4v) is 4.33. The van der Waals surface area contributed by atoms with E-state index in [0.29, 0.717) is 36.8 Å². The van der Waals surface area contributed by atoms with Gasteiger partial charge >= 0.3 is 0 Å². The van der Waals surface area contributed by atoms with Gasteiger partial charge in [-0.05, 0) is 19.8 Å². The molecule has 2 aliphatic heterocycles. The maximum absolute atomic E-state index is 13.0. The van der Waals surface area contributed by atoms with E-state index in [-0.39, 0.29) is 16.9 Å². The van der Waals surface area contributed by atoms with E-state index in [1.807, 2.05) is 37.3 Å². The molecule has 0 N–H and O–H groups in total. The third-order valence-electron chi connectivity index (χ3n) is 5.92. The lowest BCUT2D eigenvalue weighted by atomic mass is 9.85. The number of aryl methyl sites for hydroxylation is 1. The van der Waals surface area contributed by atoms with Crippen LogP contribution in [0.1, 0.15) is 34.8 Å². The second-order valence-corrected chi connectivity index (χ2v) is 7.75. The monoisotopic (exact) mass is 388 g/mol. The number of likely N-dealkylation sites (tertiary alicyclic amines) is 1. The molecule has 1 saturated heterocycles. The number of hydrogen-bond acceptors (Lipinski definition) is 6. The topological polar surface area (TPSA) is 93.9 Å². The van der Waals surface area contributed by atoms with Gasteiger partial charge in [0.15, 0.2) is 5.69 Å². The van der Waals surface area contributed by atoms with Crippen LogP contribution < -0.4 is 5.56 Å². The van der Waals surface area contributed by atoms with Crippen molar-refractivity contribution in [3.8, 4) is 11.3 Å². The van der Waals surface area contributed by atoms with Crippen molar-refractivity contribution in [2.24, 2.45) is 0 Å². The summed E-state index contributed by atoms with van der Waals surface area (Å²) in [5.74, 6) is 0.552. The van der Waals surface area contributed by atoms with Crippen LogP contribution in [-0.4, -0.2) is 48.6 Å². The number of rotatable bonds is 2. The molecular formula is C21H20N6O2. The molecule has 1 amide bonds. The molecule has 0 radical (unpaired) electrons. The summed E-state index contributed by atoms with van der Waals surface area (Å²) in [5.41, 5.74) is 1.80. The summed E-state index contributed by atoms with van der Waals surface area (Å²) in [4.78, 5) is 36.0. The number of fused-ring (bicyclic) bond motifs is 2. The lowest BCUT2D eigenvalue weighted by molar-refractivity contribution is 0.0776. The Hall–Kier alpha value is -3.42. The van der Waals surface area contributed by atoms with Gasteiger partial charge in [0, 0.05) is 31.4 Å². The van der Waals surface area contributed by atoms with Crippen molar-refractivity contribution in [3.05, 3.63) is 70.3 Å². The summed E-state index contributed by atoms with van der Waals surface area (Å²) >= 11 is 0. The number of aromatic nitrogens is 5. The Labute approximate surface area is 167 Å². The van der Waals surface area contributed by atoms with Crippen LogP contribution in [0.3, 0.4) is 0 Å². The van der Waals surface area contributed by atoms with Gasteiger partial charge < -0.3 is 4.90 Å². The molecule has 5 rings (SSSR count). The van der Waals surface area contributed by atoms with Crippen LogP contribution in [0, 0.1) is 6.92 Å². The molecule has 1 spiro atoms. The van der Waals surface area contributed by atoms with Crippen LogP contribution in [0.4, 0.5) is 0 Å². The van der Waals surface area contributed by atoms with E-state index >= 15 is 0 Å². The maximum atomic E-state index is 13.0. The van der Waals surface area contributed by atoms with Gasteiger partial charge in [0.05, 0.1) is 17.3 Å². The van der Waals surface area contributed by atoms with Gasteiger partial charge in [0.25, 0.3) is 11.5 Å². The first-order valence-corrected chi connectivity index (χ1v) is 9.69. The van der Waals surface area contributed by atoms with E-state index in [2.05, 4.69) is 20.2 Å². The molecular weight excluding hydrogens is 368 g/mol. The summed E-state index contributed by atoms with van der Waals surface area (Å²) < 4.78 is 1.73. The van der Waals surface area contributed by atoms with Crippen LogP contribution >= 0.6 is 0 Å². The molecule has 8 nitrogen and oxygen atoms in total. The van der Waals surface area contributed by atoms with Crippen LogP contribution in [0.2, 0.25) is 0 Å². The third-order valence-corrected chi connectivity index (χ3v) is 5.92. The van der Waals surface area contributed by atoms with Crippen LogP contribution in [0.5, 0.6) is 0 Å². The Morgan fingerprint density at radius 2 is 1.83 bits per heavy atom. The van der Waals surface area contributed by atoms with Gasteiger partial charge in [0.1, 0.15) is 11.5 Å². The number of nitrogens with zero attached hydrogens (tertiary/aromatic N) is 6. The molecule has 3 aromatic rings. The molecule has 2 aromatic heterocycles. The quantitative estimate of drug-likeness (QED) is 0.662. The SMILES string of the molecule is Cc1cnc(C(=O)N2CC[C@@]3(CCn4c3nnc(-c3ccccc3)c4=O)C2)cn1. The molecule has 0 saturated carbocycles. The predicted octanol–water partition coefficient (Wildman–Crippen LogP) is 1.59. The molecule has 1 fully saturated rings. The number of carbonyl (C=O) groups excluding carboxylic acids is 1. The Balaban J connectivity index is 1.45. The predicted molar refractivity (Wildman–Crippen MR) is 105 cm³/mol. The second kappa shape index (κ2) is 6.58. The second-order valence-electron chi connectivity index (χ2n) is 7.75. The Bertz CT molecular complexity index is 1140. The first-order valence-electron chi connectivity index (χ1n) is 9.69. The molecule has 29 heavy (non-hydrogen) atoms. The number of hydrogen-bond donors (Lipinski definition) is 0. The van der Waals surface area contributed by atoms with Crippen LogP contribution in [0.25, 0.3) is 11.3 Å². The highest BCUT2D eigenvalue weighted by molar-refractivity contribution is 5.92. The number of carbonyl (C=O) groups is 1. The van der Waals surface area contributed by atoms with Gasteiger partial charge in [-0.1, -0.05) is 30.3 Å². The molecule has 8 heteroatoms. The third kappa shape index (κ3) is 2.83. The summed E-state index contributed by atoms with van der Waals surface area (Å²) in [6, 6.07) is 9.39. The molecule has 0 bridgehead atoms. The zero-order chi connectivity index (χ0) is 20.0. The van der Waals surface area contributed by atoms with Crippen molar-refractivity contribution in [3.63, 3.8) is 0 Å². The van der Waals surface area contributed by atoms with Gasteiger partial charge in [-0.15, -0.1) is 10.2 Å². The molecule has 1 atom stereocenters. The van der Waals surface area contributed by atoms with E-state index < -0.39 is 0 Å². The van der Waals surface area contributed by atoms with Crippen LogP contribution in [-0.2, 0) is 12.0 Å². The molecule has 1 aromatic carbocycles. The van der Waals surface area contributed by atoms with Crippen LogP contribution in [0.15, 0.2) is 47.5 Å². The molecule has 0 unspecified atom stereocenters. The number of benzene rings is 1. The maximum Gasteiger partial charge on any atom is 0.280 e. The minimum absolute atomic E-state index is 0.118. The summed E-state index contributed by atoms with van der Waals surface area (Å²) in [5, 5.41) is 8.72. The van der Waals surface area contributed by atoms with E-state index in [9.17, 15) is 9.59 Å².